The topological polar surface area (TPSA) is 25.3 Å². The molecule has 1 radical (unpaired) electrons. The van der Waals surface area contributed by atoms with Gasteiger partial charge in [0.15, 0.2) is 0 Å². The summed E-state index contributed by atoms with van der Waals surface area (Å²) in [6.07, 6.45) is 13.9. The van der Waals surface area contributed by atoms with Crippen molar-refractivity contribution in [3.63, 3.8) is 0 Å². The van der Waals surface area contributed by atoms with E-state index >= 15 is 0 Å². The van der Waals surface area contributed by atoms with Crippen LogP contribution in [-0.4, -0.2) is 6.54 Å². The van der Waals surface area contributed by atoms with Crippen molar-refractivity contribution in [3.05, 3.63) is 0 Å². The molecule has 0 heterocycles. The van der Waals surface area contributed by atoms with Crippen molar-refractivity contribution in [1.29, 1.82) is 0 Å². The van der Waals surface area contributed by atoms with Crippen molar-refractivity contribution >= 4 is 0 Å². The van der Waals surface area contributed by atoms with Gasteiger partial charge in [-0.2, -0.15) is 5.73 Å². The van der Waals surface area contributed by atoms with Gasteiger partial charge in [0.25, 0.3) is 0 Å². The van der Waals surface area contributed by atoms with Crippen LogP contribution in [0.2, 0.25) is 0 Å². The van der Waals surface area contributed by atoms with Gasteiger partial charge in [0.1, 0.15) is 6.54 Å². The summed E-state index contributed by atoms with van der Waals surface area (Å²) < 4.78 is 0. The van der Waals surface area contributed by atoms with Crippen LogP contribution in [0.1, 0.15) is 71.1 Å². The molecule has 0 amide bonds. The largest absolute Gasteiger partial charge is 0.196 e. The zero-order chi connectivity index (χ0) is 9.78. The van der Waals surface area contributed by atoms with E-state index in [4.69, 9.17) is 5.73 Å². The lowest BCUT2D eigenvalue weighted by Crippen LogP contribution is -2.50. The first kappa shape index (κ1) is 13.0. The summed E-state index contributed by atoms with van der Waals surface area (Å²) in [6.45, 7) is 3.14. The Morgan fingerprint density at radius 3 is 1.38 bits per heavy atom. The van der Waals surface area contributed by atoms with Crippen LogP contribution in [0.3, 0.4) is 0 Å². The van der Waals surface area contributed by atoms with Crippen molar-refractivity contribution < 1.29 is 5.73 Å². The fraction of sp³-hybridized carbons (Fsp3) is 1.00. The second-order valence-corrected chi connectivity index (χ2v) is 3.97. The average molecular weight is 185 g/mol. The van der Waals surface area contributed by atoms with E-state index in [1.54, 1.807) is 0 Å². The smallest absolute Gasteiger partial charge is 0.118 e. The van der Waals surface area contributed by atoms with Gasteiger partial charge in [-0.1, -0.05) is 58.3 Å². The zero-order valence-corrected chi connectivity index (χ0v) is 9.36. The molecule has 0 rings (SSSR count). The third-order valence-electron chi connectivity index (χ3n) is 2.56. The maximum Gasteiger partial charge on any atom is 0.118 e. The molecule has 0 aliphatic heterocycles. The zero-order valence-electron chi connectivity index (χ0n) is 9.36. The minimum absolute atomic E-state index is 0.872. The first-order valence-corrected chi connectivity index (χ1v) is 6.12. The summed E-state index contributed by atoms with van der Waals surface area (Å²) in [7, 11) is 0. The molecule has 0 aromatic rings. The van der Waals surface area contributed by atoms with Crippen LogP contribution in [0.15, 0.2) is 0 Å². The second-order valence-electron chi connectivity index (χ2n) is 3.97. The van der Waals surface area contributed by atoms with Gasteiger partial charge in [-0.3, -0.25) is 0 Å². The van der Waals surface area contributed by atoms with E-state index in [2.05, 4.69) is 6.92 Å². The predicted octanol–water partition coefficient (Wildman–Crippen LogP) is 2.94. The highest BCUT2D eigenvalue weighted by Gasteiger charge is 1.91. The highest BCUT2D eigenvalue weighted by molar-refractivity contribution is 4.46. The van der Waals surface area contributed by atoms with Crippen LogP contribution in [0.5, 0.6) is 0 Å². The first-order valence-electron chi connectivity index (χ1n) is 6.12. The quantitative estimate of drug-likeness (QED) is 0.506. The fourth-order valence-electron chi connectivity index (χ4n) is 1.63. The molecule has 0 unspecified atom stereocenters. The van der Waals surface area contributed by atoms with Crippen molar-refractivity contribution in [3.8, 4) is 0 Å². The summed E-state index contributed by atoms with van der Waals surface area (Å²) in [4.78, 5) is 0. The van der Waals surface area contributed by atoms with E-state index in [0.717, 1.165) is 6.54 Å². The van der Waals surface area contributed by atoms with E-state index in [-0.39, 0.29) is 0 Å². The Kier molecular flexibility index (Phi) is 11.9. The van der Waals surface area contributed by atoms with Gasteiger partial charge < -0.3 is 0 Å². The molecule has 2 N–H and O–H groups in total. The molecule has 0 bridgehead atoms. The van der Waals surface area contributed by atoms with Gasteiger partial charge in [-0.25, -0.2) is 0 Å². The Balaban J connectivity index is 2.76. The summed E-state index contributed by atoms with van der Waals surface area (Å²) in [6, 6.07) is 0. The monoisotopic (exact) mass is 185 g/mol. The minimum atomic E-state index is 0.872. The van der Waals surface area contributed by atoms with Crippen molar-refractivity contribution in [2.24, 2.45) is 0 Å². The Bertz CT molecular complexity index is 71.2. The van der Waals surface area contributed by atoms with Crippen LogP contribution < -0.4 is 5.73 Å². The van der Waals surface area contributed by atoms with Crippen LogP contribution in [0.25, 0.3) is 0 Å². The molecular weight excluding hydrogens is 158 g/mol. The van der Waals surface area contributed by atoms with Crippen LogP contribution in [-0.2, 0) is 0 Å². The summed E-state index contributed by atoms with van der Waals surface area (Å²) in [5.41, 5.74) is 5.42. The molecule has 0 aromatic heterocycles. The molecule has 0 aliphatic carbocycles. The average Bonchev–Trinajstić information content (AvgIpc) is 2.16. The number of hydrogen-bond acceptors (Lipinski definition) is 1. The maximum absolute atomic E-state index is 5.42. The molecule has 0 fully saturated rings. The number of nitrogens with two attached hydrogens (primary N) is 1. The van der Waals surface area contributed by atoms with Crippen LogP contribution in [0, 0.1) is 0 Å². The highest BCUT2D eigenvalue weighted by atomic mass is 14.5. The fourth-order valence-corrected chi connectivity index (χ4v) is 1.63. The predicted molar refractivity (Wildman–Crippen MR) is 58.6 cm³/mol. The number of rotatable bonds is 10. The van der Waals surface area contributed by atoms with E-state index in [1.165, 1.54) is 64.2 Å². The Morgan fingerprint density at radius 2 is 1.00 bits per heavy atom. The van der Waals surface area contributed by atoms with Gasteiger partial charge in [0, 0.05) is 6.42 Å². The minimum Gasteiger partial charge on any atom is -0.196 e. The molecule has 79 valence electrons. The lowest BCUT2D eigenvalue weighted by atomic mass is 10.1. The molecule has 0 saturated carbocycles. The summed E-state index contributed by atoms with van der Waals surface area (Å²) >= 11 is 0. The van der Waals surface area contributed by atoms with Gasteiger partial charge in [0.2, 0.25) is 0 Å². The van der Waals surface area contributed by atoms with E-state index in [9.17, 15) is 0 Å². The van der Waals surface area contributed by atoms with Crippen LogP contribution in [0.4, 0.5) is 0 Å². The summed E-state index contributed by atoms with van der Waals surface area (Å²) in [5, 5.41) is 0. The van der Waals surface area contributed by atoms with Crippen molar-refractivity contribution in [1.82, 2.24) is 0 Å². The van der Waals surface area contributed by atoms with Gasteiger partial charge >= 0.3 is 0 Å². The molecule has 0 aliphatic rings. The van der Waals surface area contributed by atoms with Gasteiger partial charge in [0.05, 0.1) is 0 Å². The van der Waals surface area contributed by atoms with E-state index in [0.29, 0.717) is 0 Å². The van der Waals surface area contributed by atoms with E-state index < -0.39 is 0 Å². The first-order chi connectivity index (χ1) is 6.41. The van der Waals surface area contributed by atoms with Gasteiger partial charge in [-0.05, 0) is 6.42 Å². The SMILES string of the molecule is CCCCCCCCCCCC[NH2+]. The van der Waals surface area contributed by atoms with Crippen molar-refractivity contribution in [2.45, 2.75) is 71.1 Å². The second kappa shape index (κ2) is 12.0. The molecule has 0 atom stereocenters. The molecule has 1 heteroatoms. The lowest BCUT2D eigenvalue weighted by molar-refractivity contribution is -0.368. The molecule has 0 aromatic carbocycles. The molecule has 0 saturated heterocycles. The Hall–Kier alpha value is -0.0400. The summed E-state index contributed by atoms with van der Waals surface area (Å²) in [5.74, 6) is 0. The third-order valence-corrected chi connectivity index (χ3v) is 2.56. The normalized spacial score (nSPS) is 10.6. The lowest BCUT2D eigenvalue weighted by Gasteiger charge is -2.00. The van der Waals surface area contributed by atoms with Gasteiger partial charge in [-0.15, -0.1) is 0 Å². The Morgan fingerprint density at radius 1 is 0.615 bits per heavy atom. The Labute approximate surface area is 84.1 Å². The number of unbranched alkanes of at least 4 members (excludes halogenated alkanes) is 9. The maximum atomic E-state index is 5.42. The van der Waals surface area contributed by atoms with Crippen molar-refractivity contribution in [2.75, 3.05) is 6.54 Å². The van der Waals surface area contributed by atoms with E-state index in [1.807, 2.05) is 0 Å². The molecular formula is C12H27N+. The molecule has 13 heavy (non-hydrogen) atoms. The third kappa shape index (κ3) is 12.0. The molecule has 0 spiro atoms. The van der Waals surface area contributed by atoms with Crippen LogP contribution >= 0.6 is 0 Å². The molecule has 1 nitrogen and oxygen atoms in total. The highest BCUT2D eigenvalue weighted by Crippen LogP contribution is 2.09. The number of hydrogen-bond donors (Lipinski definition) is 1. The standard InChI is InChI=1S/C12H27N/c1-2-3-4-5-6-7-8-9-10-11-12-13/h2-13H2,1H3/q+1.